The van der Waals surface area contributed by atoms with Crippen molar-refractivity contribution in [3.05, 3.63) is 24.3 Å². The van der Waals surface area contributed by atoms with Crippen LogP contribution in [0.15, 0.2) is 32.9 Å². The van der Waals surface area contributed by atoms with Crippen LogP contribution in [-0.2, 0) is 4.79 Å². The third-order valence-corrected chi connectivity index (χ3v) is 5.27. The summed E-state index contributed by atoms with van der Waals surface area (Å²) in [6.45, 7) is 0. The summed E-state index contributed by atoms with van der Waals surface area (Å²) in [5, 5.41) is 10.8. The summed E-state index contributed by atoms with van der Waals surface area (Å²) in [6.07, 6.45) is 1.95. The van der Waals surface area contributed by atoms with Crippen LogP contribution in [0.3, 0.4) is 0 Å². The molecule has 0 saturated heterocycles. The van der Waals surface area contributed by atoms with Gasteiger partial charge in [0.2, 0.25) is 5.91 Å². The molecule has 2 rings (SSSR count). The van der Waals surface area contributed by atoms with Gasteiger partial charge in [0.1, 0.15) is 5.75 Å². The van der Waals surface area contributed by atoms with Gasteiger partial charge in [0, 0.05) is 11.8 Å². The van der Waals surface area contributed by atoms with E-state index in [0.717, 1.165) is 14.4 Å². The van der Waals surface area contributed by atoms with E-state index in [-0.39, 0.29) is 5.91 Å². The van der Waals surface area contributed by atoms with Crippen LogP contribution in [0, 0.1) is 0 Å². The predicted octanol–water partition coefficient (Wildman–Crippen LogP) is 3.00. The van der Waals surface area contributed by atoms with Gasteiger partial charge >= 0.3 is 0 Å². The lowest BCUT2D eigenvalue weighted by atomic mass is 10.3. The van der Waals surface area contributed by atoms with Crippen molar-refractivity contribution in [1.29, 1.82) is 0 Å². The lowest BCUT2D eigenvalue weighted by molar-refractivity contribution is -0.113. The molecule has 8 heteroatoms. The molecule has 106 valence electrons. The Hall–Kier alpha value is -1.25. The quantitative estimate of drug-likeness (QED) is 0.823. The van der Waals surface area contributed by atoms with Crippen LogP contribution in [0.4, 0.5) is 5.69 Å². The molecule has 0 unspecified atom stereocenters. The smallest absolute Gasteiger partial charge is 0.234 e. The highest BCUT2D eigenvalue weighted by molar-refractivity contribution is 8.03. The van der Waals surface area contributed by atoms with Crippen LogP contribution in [0.5, 0.6) is 5.75 Å². The summed E-state index contributed by atoms with van der Waals surface area (Å²) >= 11 is 4.42. The second kappa shape index (κ2) is 7.51. The van der Waals surface area contributed by atoms with Gasteiger partial charge in [0.15, 0.2) is 8.68 Å². The van der Waals surface area contributed by atoms with Crippen molar-refractivity contribution >= 4 is 46.5 Å². The van der Waals surface area contributed by atoms with Gasteiger partial charge in [-0.2, -0.15) is 0 Å². The van der Waals surface area contributed by atoms with E-state index < -0.39 is 0 Å². The SMILES string of the molecule is COc1cccc(NC(=O)CSc2nnc(SC)s2)c1. The first-order chi connectivity index (χ1) is 9.71. The molecular formula is C12H13N3O2S3. The van der Waals surface area contributed by atoms with E-state index in [9.17, 15) is 4.79 Å². The number of nitrogens with one attached hydrogen (secondary N) is 1. The normalized spacial score (nSPS) is 10.3. The number of anilines is 1. The number of carbonyl (C=O) groups excluding carboxylic acids is 1. The van der Waals surface area contributed by atoms with Gasteiger partial charge in [0.05, 0.1) is 12.9 Å². The number of ether oxygens (including phenoxy) is 1. The molecule has 5 nitrogen and oxygen atoms in total. The zero-order chi connectivity index (χ0) is 14.4. The molecule has 1 N–H and O–H groups in total. The molecule has 0 spiro atoms. The van der Waals surface area contributed by atoms with Gasteiger partial charge in [0.25, 0.3) is 0 Å². The van der Waals surface area contributed by atoms with Crippen molar-refractivity contribution in [3.63, 3.8) is 0 Å². The number of methoxy groups -OCH3 is 1. The Morgan fingerprint density at radius 1 is 1.40 bits per heavy atom. The van der Waals surface area contributed by atoms with Crippen molar-refractivity contribution in [2.75, 3.05) is 24.4 Å². The monoisotopic (exact) mass is 327 g/mol. The molecule has 0 aliphatic carbocycles. The second-order valence-corrected chi connectivity index (χ2v) is 6.86. The van der Waals surface area contributed by atoms with Crippen LogP contribution < -0.4 is 10.1 Å². The Kier molecular flexibility index (Phi) is 5.69. The molecule has 0 bridgehead atoms. The van der Waals surface area contributed by atoms with Crippen molar-refractivity contribution in [2.24, 2.45) is 0 Å². The minimum Gasteiger partial charge on any atom is -0.497 e. The lowest BCUT2D eigenvalue weighted by Gasteiger charge is -2.06. The fourth-order valence-electron chi connectivity index (χ4n) is 1.36. The molecule has 1 aromatic carbocycles. The first-order valence-electron chi connectivity index (χ1n) is 5.65. The number of rotatable bonds is 6. The number of thioether (sulfide) groups is 2. The first-order valence-corrected chi connectivity index (χ1v) is 8.68. The van der Waals surface area contributed by atoms with Crippen molar-refractivity contribution in [3.8, 4) is 5.75 Å². The van der Waals surface area contributed by atoms with Crippen LogP contribution in [0.1, 0.15) is 0 Å². The van der Waals surface area contributed by atoms with Gasteiger partial charge < -0.3 is 10.1 Å². The standard InChI is InChI=1S/C12H13N3O2S3/c1-17-9-5-3-4-8(6-9)13-10(16)7-19-12-15-14-11(18-2)20-12/h3-6H,7H2,1-2H3,(H,13,16). The molecule has 1 heterocycles. The largest absolute Gasteiger partial charge is 0.497 e. The summed E-state index contributed by atoms with van der Waals surface area (Å²) in [6, 6.07) is 7.26. The predicted molar refractivity (Wildman–Crippen MR) is 84.0 cm³/mol. The Labute approximate surface area is 129 Å². The maximum Gasteiger partial charge on any atom is 0.234 e. The molecule has 1 aromatic heterocycles. The highest BCUT2D eigenvalue weighted by Crippen LogP contribution is 2.27. The Balaban J connectivity index is 1.85. The molecule has 2 aromatic rings. The van der Waals surface area contributed by atoms with Crippen LogP contribution in [-0.4, -0.2) is 35.2 Å². The summed E-state index contributed by atoms with van der Waals surface area (Å²) in [4.78, 5) is 11.8. The van der Waals surface area contributed by atoms with Crippen molar-refractivity contribution < 1.29 is 9.53 Å². The number of amides is 1. The maximum absolute atomic E-state index is 11.8. The molecule has 1 amide bonds. The fourth-order valence-corrected chi connectivity index (χ4v) is 3.60. The van der Waals surface area contributed by atoms with Gasteiger partial charge in [-0.15, -0.1) is 10.2 Å². The minimum absolute atomic E-state index is 0.0795. The number of hydrogen-bond donors (Lipinski definition) is 1. The summed E-state index contributed by atoms with van der Waals surface area (Å²) < 4.78 is 6.81. The number of nitrogens with zero attached hydrogens (tertiary/aromatic N) is 2. The Bertz CT molecular complexity index is 589. The lowest BCUT2D eigenvalue weighted by Crippen LogP contribution is -2.13. The summed E-state index contributed by atoms with van der Waals surface area (Å²) in [5.74, 6) is 0.939. The average molecular weight is 327 g/mol. The van der Waals surface area contributed by atoms with E-state index in [4.69, 9.17) is 4.74 Å². The third kappa shape index (κ3) is 4.39. The number of benzene rings is 1. The molecule has 0 radical (unpaired) electrons. The molecule has 20 heavy (non-hydrogen) atoms. The van der Waals surface area contributed by atoms with E-state index >= 15 is 0 Å². The first kappa shape index (κ1) is 15.1. The number of hydrogen-bond acceptors (Lipinski definition) is 7. The van der Waals surface area contributed by atoms with E-state index in [0.29, 0.717) is 11.5 Å². The molecule has 0 aliphatic rings. The highest BCUT2D eigenvalue weighted by Gasteiger charge is 2.08. The second-order valence-electron chi connectivity index (χ2n) is 3.61. The van der Waals surface area contributed by atoms with E-state index in [1.807, 2.05) is 24.5 Å². The molecule has 0 aliphatic heterocycles. The van der Waals surface area contributed by atoms with Gasteiger partial charge in [-0.3, -0.25) is 4.79 Å². The Morgan fingerprint density at radius 2 is 2.20 bits per heavy atom. The van der Waals surface area contributed by atoms with Gasteiger partial charge in [-0.1, -0.05) is 40.9 Å². The maximum atomic E-state index is 11.8. The average Bonchev–Trinajstić information content (AvgIpc) is 2.93. The topological polar surface area (TPSA) is 64.1 Å². The van der Waals surface area contributed by atoms with Gasteiger partial charge in [-0.05, 0) is 18.4 Å². The van der Waals surface area contributed by atoms with E-state index in [1.165, 1.54) is 23.1 Å². The zero-order valence-electron chi connectivity index (χ0n) is 11.0. The van der Waals surface area contributed by atoms with Crippen molar-refractivity contribution in [2.45, 2.75) is 8.68 Å². The summed E-state index contributed by atoms with van der Waals surface area (Å²) in [5.41, 5.74) is 0.719. The zero-order valence-corrected chi connectivity index (χ0v) is 13.4. The molecule has 0 saturated carbocycles. The third-order valence-electron chi connectivity index (χ3n) is 2.24. The number of carbonyl (C=O) groups is 1. The van der Waals surface area contributed by atoms with E-state index in [2.05, 4.69) is 15.5 Å². The molecular weight excluding hydrogens is 314 g/mol. The van der Waals surface area contributed by atoms with Crippen LogP contribution in [0.2, 0.25) is 0 Å². The highest BCUT2D eigenvalue weighted by atomic mass is 32.2. The fraction of sp³-hybridized carbons (Fsp3) is 0.250. The summed E-state index contributed by atoms with van der Waals surface area (Å²) in [7, 11) is 1.59. The number of aromatic nitrogens is 2. The van der Waals surface area contributed by atoms with Crippen LogP contribution >= 0.6 is 34.9 Å². The molecule has 0 fully saturated rings. The van der Waals surface area contributed by atoms with Crippen LogP contribution in [0.25, 0.3) is 0 Å². The van der Waals surface area contributed by atoms with E-state index in [1.54, 1.807) is 24.9 Å². The molecule has 0 atom stereocenters. The minimum atomic E-state index is -0.0795. The van der Waals surface area contributed by atoms with Gasteiger partial charge in [-0.25, -0.2) is 0 Å². The van der Waals surface area contributed by atoms with Crippen molar-refractivity contribution in [1.82, 2.24) is 10.2 Å². The Morgan fingerprint density at radius 3 is 2.90 bits per heavy atom.